The number of rotatable bonds is 2. The minimum absolute atomic E-state index is 0.0508. The molecule has 7 nitrogen and oxygen atoms in total. The van der Waals surface area contributed by atoms with Crippen LogP contribution in [0.2, 0.25) is 5.02 Å². The van der Waals surface area contributed by atoms with Gasteiger partial charge in [0.1, 0.15) is 23.2 Å². The molecule has 0 spiro atoms. The number of aryl methyl sites for hydroxylation is 1. The van der Waals surface area contributed by atoms with E-state index in [0.717, 1.165) is 27.8 Å². The summed E-state index contributed by atoms with van der Waals surface area (Å²) in [5.41, 5.74) is 10.3. The lowest BCUT2D eigenvalue weighted by Crippen LogP contribution is -2.03. The Balaban J connectivity index is 2.06. The van der Waals surface area contributed by atoms with Crippen molar-refractivity contribution in [3.05, 3.63) is 45.9 Å². The molecule has 0 unspecified atom stereocenters. The van der Waals surface area contributed by atoms with E-state index in [2.05, 4.69) is 20.2 Å². The third-order valence-electron chi connectivity index (χ3n) is 4.70. The highest BCUT2D eigenvalue weighted by atomic mass is 35.5. The number of hydrogen-bond acceptors (Lipinski definition) is 6. The van der Waals surface area contributed by atoms with Crippen LogP contribution in [-0.4, -0.2) is 20.2 Å². The highest BCUT2D eigenvalue weighted by Gasteiger charge is 2.22. The predicted molar refractivity (Wildman–Crippen MR) is 103 cm³/mol. The van der Waals surface area contributed by atoms with Crippen molar-refractivity contribution in [1.82, 2.24) is 20.2 Å². The van der Waals surface area contributed by atoms with Crippen LogP contribution in [-0.2, 0) is 0 Å². The van der Waals surface area contributed by atoms with Crippen LogP contribution in [0.5, 0.6) is 0 Å². The molecule has 0 radical (unpaired) electrons. The normalized spacial score (nSPS) is 11.1. The van der Waals surface area contributed by atoms with Crippen LogP contribution in [0.15, 0.2) is 22.7 Å². The average Bonchev–Trinajstić information content (AvgIpc) is 3.22. The molecule has 0 aliphatic carbocycles. The second-order valence-corrected chi connectivity index (χ2v) is 6.70. The standard InChI is InChI=1S/C19H15ClN6O/c1-8-9(2)18(27-10(8)3)17-16(24-14(6-21)19(22)25-17)11-4-12-7-23-26-15(12)13(20)5-11/h4-5,7H,1-3H3,(H2,22,25)(H,23,26). The fourth-order valence-electron chi connectivity index (χ4n) is 3.01. The number of anilines is 1. The molecule has 1 aromatic carbocycles. The number of nitrogens with zero attached hydrogens (tertiary/aromatic N) is 4. The first-order chi connectivity index (χ1) is 12.9. The minimum Gasteiger partial charge on any atom is -0.459 e. The lowest BCUT2D eigenvalue weighted by Gasteiger charge is -2.10. The van der Waals surface area contributed by atoms with Crippen LogP contribution >= 0.6 is 11.6 Å². The van der Waals surface area contributed by atoms with Crippen LogP contribution < -0.4 is 5.73 Å². The summed E-state index contributed by atoms with van der Waals surface area (Å²) in [7, 11) is 0. The second-order valence-electron chi connectivity index (χ2n) is 6.30. The van der Waals surface area contributed by atoms with Gasteiger partial charge in [0, 0.05) is 16.5 Å². The molecule has 8 heteroatoms. The molecule has 3 aromatic heterocycles. The Morgan fingerprint density at radius 1 is 1.15 bits per heavy atom. The SMILES string of the molecule is Cc1oc(-c2nc(N)c(C#N)nc2-c2cc(Cl)c3[nH]ncc3c2)c(C)c1C. The molecule has 0 atom stereocenters. The van der Waals surface area contributed by atoms with E-state index in [-0.39, 0.29) is 11.5 Å². The van der Waals surface area contributed by atoms with E-state index in [0.29, 0.717) is 27.7 Å². The van der Waals surface area contributed by atoms with Crippen LogP contribution in [0.4, 0.5) is 5.82 Å². The van der Waals surface area contributed by atoms with Crippen LogP contribution in [0.25, 0.3) is 33.6 Å². The minimum atomic E-state index is 0.0508. The summed E-state index contributed by atoms with van der Waals surface area (Å²) >= 11 is 6.38. The number of nitrogen functional groups attached to an aromatic ring is 1. The van der Waals surface area contributed by atoms with E-state index in [9.17, 15) is 5.26 Å². The number of hydrogen-bond donors (Lipinski definition) is 2. The summed E-state index contributed by atoms with van der Waals surface area (Å²) in [5.74, 6) is 1.42. The van der Waals surface area contributed by atoms with Gasteiger partial charge in [-0.1, -0.05) is 11.6 Å². The van der Waals surface area contributed by atoms with E-state index in [4.69, 9.17) is 21.8 Å². The molecular weight excluding hydrogens is 364 g/mol. The number of benzene rings is 1. The number of nitriles is 1. The summed E-state index contributed by atoms with van der Waals surface area (Å²) in [6, 6.07) is 5.62. The van der Waals surface area contributed by atoms with Crippen molar-refractivity contribution in [2.75, 3.05) is 5.73 Å². The van der Waals surface area contributed by atoms with E-state index in [1.54, 1.807) is 12.3 Å². The largest absolute Gasteiger partial charge is 0.459 e. The zero-order chi connectivity index (χ0) is 19.3. The molecular formula is C19H15ClN6O. The van der Waals surface area contributed by atoms with Gasteiger partial charge < -0.3 is 10.2 Å². The third kappa shape index (κ3) is 2.62. The Morgan fingerprint density at radius 3 is 2.59 bits per heavy atom. The third-order valence-corrected chi connectivity index (χ3v) is 5.00. The quantitative estimate of drug-likeness (QED) is 0.536. The van der Waals surface area contributed by atoms with Crippen LogP contribution in [0.3, 0.4) is 0 Å². The molecule has 4 aromatic rings. The number of aromatic amines is 1. The van der Waals surface area contributed by atoms with Crippen molar-refractivity contribution < 1.29 is 4.42 Å². The maximum Gasteiger partial charge on any atom is 0.183 e. The van der Waals surface area contributed by atoms with Gasteiger partial charge in [-0.15, -0.1) is 0 Å². The highest BCUT2D eigenvalue weighted by molar-refractivity contribution is 6.35. The first-order valence-corrected chi connectivity index (χ1v) is 8.56. The smallest absolute Gasteiger partial charge is 0.183 e. The van der Waals surface area contributed by atoms with Crippen molar-refractivity contribution in [3.8, 4) is 28.8 Å². The zero-order valence-corrected chi connectivity index (χ0v) is 15.6. The molecule has 0 aliphatic rings. The van der Waals surface area contributed by atoms with Crippen molar-refractivity contribution >= 4 is 28.3 Å². The van der Waals surface area contributed by atoms with Crippen LogP contribution in [0.1, 0.15) is 22.6 Å². The topological polar surface area (TPSA) is 117 Å². The first kappa shape index (κ1) is 17.1. The van der Waals surface area contributed by atoms with Gasteiger partial charge >= 0.3 is 0 Å². The van der Waals surface area contributed by atoms with Gasteiger partial charge in [-0.05, 0) is 38.5 Å². The molecule has 0 bridgehead atoms. The van der Waals surface area contributed by atoms with E-state index in [1.165, 1.54) is 0 Å². The van der Waals surface area contributed by atoms with Crippen molar-refractivity contribution in [2.45, 2.75) is 20.8 Å². The predicted octanol–water partition coefficient (Wildman–Crippen LogP) is 4.31. The van der Waals surface area contributed by atoms with Gasteiger partial charge in [0.2, 0.25) is 0 Å². The Bertz CT molecular complexity index is 1250. The second kappa shape index (κ2) is 6.11. The highest BCUT2D eigenvalue weighted by Crippen LogP contribution is 2.38. The summed E-state index contributed by atoms with van der Waals surface area (Å²) in [6.45, 7) is 5.82. The molecule has 3 N–H and O–H groups in total. The number of aromatic nitrogens is 4. The lowest BCUT2D eigenvalue weighted by atomic mass is 10.0. The van der Waals surface area contributed by atoms with Crippen molar-refractivity contribution in [3.63, 3.8) is 0 Å². The number of furan rings is 1. The van der Waals surface area contributed by atoms with Gasteiger partial charge in [0.15, 0.2) is 17.3 Å². The Labute approximate surface area is 159 Å². The summed E-state index contributed by atoms with van der Waals surface area (Å²) < 4.78 is 5.93. The fourth-order valence-corrected chi connectivity index (χ4v) is 3.28. The molecule has 0 fully saturated rings. The number of fused-ring (bicyclic) bond motifs is 1. The number of nitrogens with one attached hydrogen (secondary N) is 1. The molecule has 0 saturated heterocycles. The molecule has 3 heterocycles. The van der Waals surface area contributed by atoms with Gasteiger partial charge in [-0.25, -0.2) is 9.97 Å². The van der Waals surface area contributed by atoms with Crippen molar-refractivity contribution in [2.24, 2.45) is 0 Å². The summed E-state index contributed by atoms with van der Waals surface area (Å²) in [6.07, 6.45) is 1.67. The average molecular weight is 379 g/mol. The summed E-state index contributed by atoms with van der Waals surface area (Å²) in [5, 5.41) is 17.5. The number of halogens is 1. The molecule has 0 saturated carbocycles. The van der Waals surface area contributed by atoms with Crippen LogP contribution in [0, 0.1) is 32.1 Å². The van der Waals surface area contributed by atoms with Crippen molar-refractivity contribution in [1.29, 1.82) is 5.26 Å². The maximum atomic E-state index is 9.35. The monoisotopic (exact) mass is 378 g/mol. The van der Waals surface area contributed by atoms with E-state index < -0.39 is 0 Å². The zero-order valence-electron chi connectivity index (χ0n) is 14.9. The van der Waals surface area contributed by atoms with E-state index in [1.807, 2.05) is 32.9 Å². The molecule has 4 rings (SSSR count). The van der Waals surface area contributed by atoms with E-state index >= 15 is 0 Å². The Kier molecular flexibility index (Phi) is 3.86. The molecule has 0 aliphatic heterocycles. The van der Waals surface area contributed by atoms with Gasteiger partial charge in [-0.2, -0.15) is 10.4 Å². The Morgan fingerprint density at radius 2 is 1.93 bits per heavy atom. The van der Waals surface area contributed by atoms with Gasteiger partial charge in [0.05, 0.1) is 16.7 Å². The summed E-state index contributed by atoms with van der Waals surface area (Å²) in [4.78, 5) is 8.89. The van der Waals surface area contributed by atoms with Gasteiger partial charge in [0.25, 0.3) is 0 Å². The fraction of sp³-hybridized carbons (Fsp3) is 0.158. The molecule has 27 heavy (non-hydrogen) atoms. The van der Waals surface area contributed by atoms with Gasteiger partial charge in [-0.3, -0.25) is 5.10 Å². The lowest BCUT2D eigenvalue weighted by molar-refractivity contribution is 0.543. The molecule has 134 valence electrons. The number of nitrogens with two attached hydrogens (primary N) is 1. The maximum absolute atomic E-state index is 9.35. The number of H-pyrrole nitrogens is 1. The Hall–Kier alpha value is -3.37. The first-order valence-electron chi connectivity index (χ1n) is 8.18. The molecule has 0 amide bonds.